The van der Waals surface area contributed by atoms with Gasteiger partial charge in [0.25, 0.3) is 0 Å². The highest BCUT2D eigenvalue weighted by Crippen LogP contribution is 2.22. The standard InChI is InChI=1S/C21H33N3O3S/c1-17-9-10-18(2)20(15-17)28(26,27)24-13-11-23(12-14-24)16-21(25)22-19-7-5-3-4-6-8-19/h9-10,15,19H,3-8,11-14,16H2,1-2H3,(H,22,25). The predicted molar refractivity (Wildman–Crippen MR) is 111 cm³/mol. The Bertz CT molecular complexity index is 778. The molecule has 2 fully saturated rings. The topological polar surface area (TPSA) is 69.7 Å². The molecule has 0 atom stereocenters. The highest BCUT2D eigenvalue weighted by molar-refractivity contribution is 7.89. The molecule has 28 heavy (non-hydrogen) atoms. The molecule has 1 aromatic carbocycles. The van der Waals surface area contributed by atoms with Crippen LogP contribution >= 0.6 is 0 Å². The summed E-state index contributed by atoms with van der Waals surface area (Å²) in [5, 5.41) is 3.17. The largest absolute Gasteiger partial charge is 0.352 e. The van der Waals surface area contributed by atoms with Gasteiger partial charge >= 0.3 is 0 Å². The summed E-state index contributed by atoms with van der Waals surface area (Å²) in [5.74, 6) is 0.0673. The van der Waals surface area contributed by atoms with E-state index in [0.29, 0.717) is 43.7 Å². The Labute approximate surface area is 169 Å². The summed E-state index contributed by atoms with van der Waals surface area (Å²) in [6.07, 6.45) is 7.08. The number of sulfonamides is 1. The minimum Gasteiger partial charge on any atom is -0.352 e. The van der Waals surface area contributed by atoms with Gasteiger partial charge in [-0.05, 0) is 43.9 Å². The quantitative estimate of drug-likeness (QED) is 0.761. The number of aryl methyl sites for hydroxylation is 2. The van der Waals surface area contributed by atoms with Crippen LogP contribution in [0.2, 0.25) is 0 Å². The second kappa shape index (κ2) is 9.37. The maximum Gasteiger partial charge on any atom is 0.243 e. The predicted octanol–water partition coefficient (Wildman–Crippen LogP) is 2.45. The number of carbonyl (C=O) groups excluding carboxylic acids is 1. The first-order valence-electron chi connectivity index (χ1n) is 10.5. The van der Waals surface area contributed by atoms with Gasteiger partial charge in [0.2, 0.25) is 15.9 Å². The zero-order valence-electron chi connectivity index (χ0n) is 17.1. The lowest BCUT2D eigenvalue weighted by atomic mass is 10.1. The van der Waals surface area contributed by atoms with E-state index in [4.69, 9.17) is 0 Å². The molecule has 1 aromatic rings. The molecule has 0 radical (unpaired) electrons. The Morgan fingerprint density at radius 3 is 2.32 bits per heavy atom. The van der Waals surface area contributed by atoms with Gasteiger partial charge in [-0.15, -0.1) is 0 Å². The molecule has 0 bridgehead atoms. The lowest BCUT2D eigenvalue weighted by Crippen LogP contribution is -2.51. The summed E-state index contributed by atoms with van der Waals surface area (Å²) in [6.45, 7) is 6.11. The third-order valence-corrected chi connectivity index (χ3v) is 7.92. The van der Waals surface area contributed by atoms with E-state index in [1.165, 1.54) is 25.7 Å². The van der Waals surface area contributed by atoms with Crippen molar-refractivity contribution in [1.82, 2.24) is 14.5 Å². The van der Waals surface area contributed by atoms with E-state index in [-0.39, 0.29) is 5.91 Å². The van der Waals surface area contributed by atoms with E-state index < -0.39 is 10.0 Å². The minimum absolute atomic E-state index is 0.0673. The molecule has 1 amide bonds. The first-order chi connectivity index (χ1) is 13.4. The normalized spacial score (nSPS) is 20.6. The van der Waals surface area contributed by atoms with Gasteiger partial charge in [0, 0.05) is 32.2 Å². The zero-order valence-corrected chi connectivity index (χ0v) is 17.9. The molecular weight excluding hydrogens is 374 g/mol. The van der Waals surface area contributed by atoms with E-state index in [1.807, 2.05) is 26.0 Å². The fourth-order valence-corrected chi connectivity index (χ4v) is 5.88. The summed E-state index contributed by atoms with van der Waals surface area (Å²) in [6, 6.07) is 5.84. The van der Waals surface area contributed by atoms with E-state index >= 15 is 0 Å². The van der Waals surface area contributed by atoms with Crippen LogP contribution in [-0.4, -0.2) is 62.3 Å². The minimum atomic E-state index is -3.49. The molecule has 0 spiro atoms. The molecule has 2 aliphatic rings. The van der Waals surface area contributed by atoms with E-state index in [2.05, 4.69) is 10.2 Å². The van der Waals surface area contributed by atoms with Crippen molar-refractivity contribution in [3.8, 4) is 0 Å². The molecule has 156 valence electrons. The van der Waals surface area contributed by atoms with Crippen molar-refractivity contribution >= 4 is 15.9 Å². The number of hydrogen-bond acceptors (Lipinski definition) is 4. The molecule has 0 aromatic heterocycles. The average molecular weight is 408 g/mol. The van der Waals surface area contributed by atoms with Crippen molar-refractivity contribution in [2.75, 3.05) is 32.7 Å². The monoisotopic (exact) mass is 407 g/mol. The maximum atomic E-state index is 13.0. The molecule has 1 saturated carbocycles. The van der Waals surface area contributed by atoms with E-state index in [1.54, 1.807) is 10.4 Å². The van der Waals surface area contributed by atoms with Crippen molar-refractivity contribution in [3.05, 3.63) is 29.3 Å². The second-order valence-electron chi connectivity index (χ2n) is 8.21. The Morgan fingerprint density at radius 2 is 1.68 bits per heavy atom. The van der Waals surface area contributed by atoms with Gasteiger partial charge in [-0.2, -0.15) is 4.31 Å². The Balaban J connectivity index is 1.52. The van der Waals surface area contributed by atoms with E-state index in [0.717, 1.165) is 24.0 Å². The fourth-order valence-electron chi connectivity index (χ4n) is 4.15. The number of hydrogen-bond donors (Lipinski definition) is 1. The SMILES string of the molecule is Cc1ccc(C)c(S(=O)(=O)N2CCN(CC(=O)NC3CCCCCC3)CC2)c1. The van der Waals surface area contributed by atoms with Gasteiger partial charge < -0.3 is 5.32 Å². The van der Waals surface area contributed by atoms with Gasteiger partial charge in [-0.3, -0.25) is 9.69 Å². The summed E-state index contributed by atoms with van der Waals surface area (Å²) >= 11 is 0. The van der Waals surface area contributed by atoms with Crippen molar-refractivity contribution in [2.45, 2.75) is 63.3 Å². The molecule has 0 unspecified atom stereocenters. The first kappa shape index (κ1) is 21.3. The molecule has 1 heterocycles. The number of piperazine rings is 1. The third-order valence-electron chi connectivity index (χ3n) is 5.88. The molecule has 3 rings (SSSR count). The van der Waals surface area contributed by atoms with Gasteiger partial charge in [0.15, 0.2) is 0 Å². The van der Waals surface area contributed by atoms with Crippen LogP contribution in [0.3, 0.4) is 0 Å². The Kier molecular flexibility index (Phi) is 7.12. The smallest absolute Gasteiger partial charge is 0.243 e. The molecule has 1 N–H and O–H groups in total. The van der Waals surface area contributed by atoms with Crippen LogP contribution in [0.25, 0.3) is 0 Å². The van der Waals surface area contributed by atoms with Crippen molar-refractivity contribution in [1.29, 1.82) is 0 Å². The van der Waals surface area contributed by atoms with Crippen LogP contribution in [0.15, 0.2) is 23.1 Å². The van der Waals surface area contributed by atoms with Crippen LogP contribution in [-0.2, 0) is 14.8 Å². The fraction of sp³-hybridized carbons (Fsp3) is 0.667. The number of amides is 1. The molecule has 1 aliphatic heterocycles. The molecule has 6 nitrogen and oxygen atoms in total. The molecule has 1 saturated heterocycles. The number of rotatable bonds is 5. The van der Waals surface area contributed by atoms with Crippen LogP contribution in [0.4, 0.5) is 0 Å². The van der Waals surface area contributed by atoms with Crippen molar-refractivity contribution in [3.63, 3.8) is 0 Å². The molecule has 1 aliphatic carbocycles. The summed E-state index contributed by atoms with van der Waals surface area (Å²) in [5.41, 5.74) is 1.72. The van der Waals surface area contributed by atoms with Gasteiger partial charge in [-0.25, -0.2) is 8.42 Å². The highest BCUT2D eigenvalue weighted by Gasteiger charge is 2.30. The number of nitrogens with one attached hydrogen (secondary N) is 1. The molecular formula is C21H33N3O3S. The maximum absolute atomic E-state index is 13.0. The average Bonchev–Trinajstić information content (AvgIpc) is 2.92. The van der Waals surface area contributed by atoms with Crippen molar-refractivity contribution < 1.29 is 13.2 Å². The summed E-state index contributed by atoms with van der Waals surface area (Å²) < 4.78 is 27.6. The zero-order chi connectivity index (χ0) is 20.1. The van der Waals surface area contributed by atoms with Crippen LogP contribution in [0.5, 0.6) is 0 Å². The second-order valence-corrected chi connectivity index (χ2v) is 10.1. The van der Waals surface area contributed by atoms with Crippen LogP contribution < -0.4 is 5.32 Å². The first-order valence-corrected chi connectivity index (χ1v) is 11.9. The van der Waals surface area contributed by atoms with Gasteiger partial charge in [0.1, 0.15) is 0 Å². The lowest BCUT2D eigenvalue weighted by Gasteiger charge is -2.34. The van der Waals surface area contributed by atoms with Gasteiger partial charge in [0.05, 0.1) is 11.4 Å². The highest BCUT2D eigenvalue weighted by atomic mass is 32.2. The Hall–Kier alpha value is -1.44. The van der Waals surface area contributed by atoms with Crippen molar-refractivity contribution in [2.24, 2.45) is 0 Å². The van der Waals surface area contributed by atoms with E-state index in [9.17, 15) is 13.2 Å². The number of carbonyl (C=O) groups is 1. The lowest BCUT2D eigenvalue weighted by molar-refractivity contribution is -0.123. The summed E-state index contributed by atoms with van der Waals surface area (Å²) in [7, 11) is -3.49. The summed E-state index contributed by atoms with van der Waals surface area (Å²) in [4.78, 5) is 14.8. The van der Waals surface area contributed by atoms with Gasteiger partial charge in [-0.1, -0.05) is 37.8 Å². The molecule has 7 heteroatoms. The van der Waals surface area contributed by atoms with Crippen LogP contribution in [0, 0.1) is 13.8 Å². The van der Waals surface area contributed by atoms with Crippen LogP contribution in [0.1, 0.15) is 49.7 Å². The third kappa shape index (κ3) is 5.33. The number of benzene rings is 1. The Morgan fingerprint density at radius 1 is 1.04 bits per heavy atom. The number of nitrogens with zero attached hydrogens (tertiary/aromatic N) is 2.